The minimum Gasteiger partial charge on any atom is -0.385 e. The number of nitrogens with one attached hydrogen (secondary N) is 2. The van der Waals surface area contributed by atoms with Crippen LogP contribution in [0.2, 0.25) is 0 Å². The maximum atomic E-state index is 5.35. The minimum atomic E-state index is 0.886. The average Bonchev–Trinajstić information content (AvgIpc) is 2.92. The van der Waals surface area contributed by atoms with Crippen molar-refractivity contribution in [2.75, 3.05) is 44.7 Å². The maximum Gasteiger partial charge on any atom is 0.0594 e. The molecule has 0 amide bonds. The normalized spacial score (nSPS) is 16.8. The second-order valence-corrected chi connectivity index (χ2v) is 5.01. The second-order valence-electron chi connectivity index (χ2n) is 5.01. The molecule has 2 N–H and O–H groups in total. The number of aromatic amines is 1. The van der Waals surface area contributed by atoms with E-state index in [1.165, 1.54) is 23.0 Å². The molecule has 3 rings (SSSR count). The topological polar surface area (TPSA) is 40.3 Å². The Kier molecular flexibility index (Phi) is 4.01. The van der Waals surface area contributed by atoms with E-state index in [2.05, 4.69) is 39.5 Å². The Labute approximate surface area is 113 Å². The lowest BCUT2D eigenvalue weighted by Crippen LogP contribution is -2.37. The van der Waals surface area contributed by atoms with Crippen LogP contribution in [0.4, 0.5) is 5.69 Å². The first-order chi connectivity index (χ1) is 9.42. The molecule has 0 aliphatic carbocycles. The maximum absolute atomic E-state index is 5.35. The summed E-state index contributed by atoms with van der Waals surface area (Å²) in [5.41, 5.74) is 2.40. The third-order valence-corrected chi connectivity index (χ3v) is 3.64. The molecule has 1 aliphatic rings. The standard InChI is InChI=1S/C15H21N3O/c1(7-18-8-10-19-11-9-18)5-16-14-2-3-15-13(12-14)4-6-17-15/h2-4,6,12,16-17H,1,5,7-11H2. The van der Waals surface area contributed by atoms with Crippen LogP contribution in [-0.4, -0.2) is 49.3 Å². The molecule has 0 unspecified atom stereocenters. The Morgan fingerprint density at radius 1 is 1.21 bits per heavy atom. The summed E-state index contributed by atoms with van der Waals surface area (Å²) in [7, 11) is 0. The van der Waals surface area contributed by atoms with Crippen LogP contribution >= 0.6 is 0 Å². The molecule has 4 heteroatoms. The van der Waals surface area contributed by atoms with Crippen molar-refractivity contribution in [2.24, 2.45) is 0 Å². The highest BCUT2D eigenvalue weighted by atomic mass is 16.5. The van der Waals surface area contributed by atoms with Crippen LogP contribution in [0.3, 0.4) is 0 Å². The Morgan fingerprint density at radius 3 is 3.00 bits per heavy atom. The number of H-pyrrole nitrogens is 1. The predicted molar refractivity (Wildman–Crippen MR) is 78.7 cm³/mol. The highest BCUT2D eigenvalue weighted by molar-refractivity contribution is 5.82. The van der Waals surface area contributed by atoms with E-state index in [1.54, 1.807) is 0 Å². The van der Waals surface area contributed by atoms with Gasteiger partial charge in [0.1, 0.15) is 0 Å². The molecule has 0 saturated carbocycles. The minimum absolute atomic E-state index is 0.886. The number of morpholine rings is 1. The van der Waals surface area contributed by atoms with Gasteiger partial charge in [-0.2, -0.15) is 0 Å². The van der Waals surface area contributed by atoms with Gasteiger partial charge in [-0.25, -0.2) is 0 Å². The number of hydrogen-bond acceptors (Lipinski definition) is 3. The lowest BCUT2D eigenvalue weighted by molar-refractivity contribution is 0.0378. The fourth-order valence-corrected chi connectivity index (χ4v) is 2.52. The van der Waals surface area contributed by atoms with Gasteiger partial charge in [-0.15, -0.1) is 0 Å². The number of rotatable bonds is 5. The number of aromatic nitrogens is 1. The van der Waals surface area contributed by atoms with Crippen LogP contribution in [0.5, 0.6) is 0 Å². The molecule has 0 bridgehead atoms. The van der Waals surface area contributed by atoms with Crippen molar-refractivity contribution in [2.45, 2.75) is 6.42 Å². The van der Waals surface area contributed by atoms with Crippen LogP contribution < -0.4 is 5.32 Å². The molecular formula is C15H21N3O. The predicted octanol–water partition coefficient (Wildman–Crippen LogP) is 2.30. The van der Waals surface area contributed by atoms with Gasteiger partial charge in [0.25, 0.3) is 0 Å². The lowest BCUT2D eigenvalue weighted by Gasteiger charge is -2.26. The molecule has 1 aromatic heterocycles. The number of benzene rings is 1. The molecule has 4 nitrogen and oxygen atoms in total. The van der Waals surface area contributed by atoms with Crippen molar-refractivity contribution in [1.29, 1.82) is 0 Å². The molecule has 0 radical (unpaired) electrons. The molecule has 1 aliphatic heterocycles. The molecular weight excluding hydrogens is 238 g/mol. The Hall–Kier alpha value is -1.52. The van der Waals surface area contributed by atoms with E-state index in [0.717, 1.165) is 39.4 Å². The van der Waals surface area contributed by atoms with Crippen molar-refractivity contribution in [1.82, 2.24) is 9.88 Å². The van der Waals surface area contributed by atoms with Crippen molar-refractivity contribution < 1.29 is 4.74 Å². The van der Waals surface area contributed by atoms with Gasteiger partial charge >= 0.3 is 0 Å². The summed E-state index contributed by atoms with van der Waals surface area (Å²) < 4.78 is 5.35. The van der Waals surface area contributed by atoms with Gasteiger partial charge in [0.15, 0.2) is 0 Å². The van der Waals surface area contributed by atoms with Gasteiger partial charge in [0.2, 0.25) is 0 Å². The van der Waals surface area contributed by atoms with Gasteiger partial charge in [0, 0.05) is 42.4 Å². The van der Waals surface area contributed by atoms with Gasteiger partial charge < -0.3 is 15.0 Å². The highest BCUT2D eigenvalue weighted by Gasteiger charge is 2.08. The number of nitrogens with zero attached hydrogens (tertiary/aromatic N) is 1. The third kappa shape index (κ3) is 3.28. The van der Waals surface area contributed by atoms with Crippen LogP contribution in [0.15, 0.2) is 30.5 Å². The highest BCUT2D eigenvalue weighted by Crippen LogP contribution is 2.17. The van der Waals surface area contributed by atoms with Gasteiger partial charge in [0.05, 0.1) is 13.2 Å². The quantitative estimate of drug-likeness (QED) is 0.809. The van der Waals surface area contributed by atoms with Crippen molar-refractivity contribution in [3.8, 4) is 0 Å². The summed E-state index contributed by atoms with van der Waals surface area (Å²) in [6.45, 7) is 6.11. The molecule has 102 valence electrons. The molecule has 1 fully saturated rings. The smallest absolute Gasteiger partial charge is 0.0594 e. The van der Waals surface area contributed by atoms with E-state index >= 15 is 0 Å². The van der Waals surface area contributed by atoms with E-state index < -0.39 is 0 Å². The summed E-state index contributed by atoms with van der Waals surface area (Å²) in [4.78, 5) is 5.68. The Morgan fingerprint density at radius 2 is 2.11 bits per heavy atom. The Bertz CT molecular complexity index is 517. The molecule has 2 aromatic rings. The SMILES string of the molecule is c1cc2cc(NCCCN3CCOCC3)ccc2[nH]1. The number of anilines is 1. The number of hydrogen-bond donors (Lipinski definition) is 2. The molecule has 0 spiro atoms. The zero-order valence-corrected chi connectivity index (χ0v) is 11.2. The van der Waals surface area contributed by atoms with Crippen LogP contribution in [0.1, 0.15) is 6.42 Å². The van der Waals surface area contributed by atoms with Gasteiger partial charge in [-0.1, -0.05) is 0 Å². The first-order valence-corrected chi connectivity index (χ1v) is 7.03. The van der Waals surface area contributed by atoms with Crippen LogP contribution in [-0.2, 0) is 4.74 Å². The largest absolute Gasteiger partial charge is 0.385 e. The number of ether oxygens (including phenoxy) is 1. The van der Waals surface area contributed by atoms with Gasteiger partial charge in [-0.05, 0) is 37.2 Å². The first-order valence-electron chi connectivity index (χ1n) is 7.03. The van der Waals surface area contributed by atoms with Crippen molar-refractivity contribution in [3.63, 3.8) is 0 Å². The zero-order valence-electron chi connectivity index (χ0n) is 11.2. The van der Waals surface area contributed by atoms with Crippen molar-refractivity contribution >= 4 is 16.6 Å². The summed E-state index contributed by atoms with van der Waals surface area (Å²) in [6, 6.07) is 8.56. The molecule has 2 heterocycles. The number of fused-ring (bicyclic) bond motifs is 1. The lowest BCUT2D eigenvalue weighted by atomic mass is 10.2. The summed E-state index contributed by atoms with van der Waals surface area (Å²) >= 11 is 0. The fourth-order valence-electron chi connectivity index (χ4n) is 2.52. The third-order valence-electron chi connectivity index (χ3n) is 3.64. The van der Waals surface area contributed by atoms with E-state index in [-0.39, 0.29) is 0 Å². The Balaban J connectivity index is 1.43. The van der Waals surface area contributed by atoms with Gasteiger partial charge in [-0.3, -0.25) is 4.90 Å². The first kappa shape index (κ1) is 12.5. The van der Waals surface area contributed by atoms with E-state index in [0.29, 0.717) is 0 Å². The zero-order chi connectivity index (χ0) is 12.9. The summed E-state index contributed by atoms with van der Waals surface area (Å²) in [5, 5.41) is 4.76. The monoisotopic (exact) mass is 259 g/mol. The molecule has 1 saturated heterocycles. The van der Waals surface area contributed by atoms with Crippen LogP contribution in [0, 0.1) is 0 Å². The van der Waals surface area contributed by atoms with Crippen LogP contribution in [0.25, 0.3) is 10.9 Å². The average molecular weight is 259 g/mol. The van der Waals surface area contributed by atoms with Crippen molar-refractivity contribution in [3.05, 3.63) is 30.5 Å². The molecule has 0 atom stereocenters. The van der Waals surface area contributed by atoms with E-state index in [1.807, 2.05) is 6.20 Å². The summed E-state index contributed by atoms with van der Waals surface area (Å²) in [5.74, 6) is 0. The van der Waals surface area contributed by atoms with E-state index in [4.69, 9.17) is 4.74 Å². The second kappa shape index (κ2) is 6.08. The summed E-state index contributed by atoms with van der Waals surface area (Å²) in [6.07, 6.45) is 3.15. The van der Waals surface area contributed by atoms with E-state index in [9.17, 15) is 0 Å². The molecule has 1 aromatic carbocycles. The fraction of sp³-hybridized carbons (Fsp3) is 0.467. The molecule has 19 heavy (non-hydrogen) atoms.